The lowest BCUT2D eigenvalue weighted by Crippen LogP contribution is -2.36. The average molecular weight is 219 g/mol. The predicted octanol–water partition coefficient (Wildman–Crippen LogP) is 2.94. The highest BCUT2D eigenvalue weighted by Crippen LogP contribution is 2.36. The first kappa shape index (κ1) is 11.5. The normalized spacial score (nSPS) is 23.3. The van der Waals surface area contributed by atoms with Gasteiger partial charge in [0, 0.05) is 11.5 Å². The van der Waals surface area contributed by atoms with Crippen LogP contribution in [-0.2, 0) is 0 Å². The molecule has 0 aliphatic carbocycles. The van der Waals surface area contributed by atoms with Crippen LogP contribution >= 0.6 is 0 Å². The van der Waals surface area contributed by atoms with E-state index in [2.05, 4.69) is 37.4 Å². The van der Waals surface area contributed by atoms with Crippen molar-refractivity contribution in [2.45, 2.75) is 38.6 Å². The van der Waals surface area contributed by atoms with Crippen LogP contribution in [0.15, 0.2) is 24.3 Å². The number of benzene rings is 1. The van der Waals surface area contributed by atoms with Crippen molar-refractivity contribution < 1.29 is 4.74 Å². The van der Waals surface area contributed by atoms with Gasteiger partial charge >= 0.3 is 0 Å². The van der Waals surface area contributed by atoms with Crippen molar-refractivity contribution in [2.75, 3.05) is 13.2 Å². The summed E-state index contributed by atoms with van der Waals surface area (Å²) in [5, 5.41) is 3.56. The maximum Gasteiger partial charge on any atom is 0.119 e. The van der Waals surface area contributed by atoms with Crippen molar-refractivity contribution in [3.8, 4) is 5.75 Å². The lowest BCUT2D eigenvalue weighted by atomic mass is 9.83. The molecule has 0 radical (unpaired) electrons. The molecule has 88 valence electrons. The van der Waals surface area contributed by atoms with Crippen LogP contribution in [0, 0.1) is 0 Å². The standard InChI is InChI=1S/C14H21NO/c1-4-16-12-7-5-6-11(10-12)13-8-9-15-14(13,2)3/h5-7,10,13,15H,4,8-9H2,1-3H3. The fourth-order valence-corrected chi connectivity index (χ4v) is 2.59. The molecule has 1 N–H and O–H groups in total. The zero-order valence-corrected chi connectivity index (χ0v) is 10.4. The van der Waals surface area contributed by atoms with E-state index in [1.165, 1.54) is 12.0 Å². The van der Waals surface area contributed by atoms with Crippen LogP contribution in [0.5, 0.6) is 5.75 Å². The number of hydrogen-bond acceptors (Lipinski definition) is 2. The first-order valence-electron chi connectivity index (χ1n) is 6.11. The fraction of sp³-hybridized carbons (Fsp3) is 0.571. The fourth-order valence-electron chi connectivity index (χ4n) is 2.59. The first-order chi connectivity index (χ1) is 7.63. The molecule has 1 atom stereocenters. The van der Waals surface area contributed by atoms with Gasteiger partial charge in [0.2, 0.25) is 0 Å². The van der Waals surface area contributed by atoms with Crippen LogP contribution in [-0.4, -0.2) is 18.7 Å². The molecule has 1 heterocycles. The van der Waals surface area contributed by atoms with E-state index in [-0.39, 0.29) is 5.54 Å². The molecule has 1 saturated heterocycles. The maximum atomic E-state index is 5.55. The molecule has 0 amide bonds. The van der Waals surface area contributed by atoms with E-state index in [9.17, 15) is 0 Å². The second kappa shape index (κ2) is 4.46. The van der Waals surface area contributed by atoms with Gasteiger partial charge in [0.15, 0.2) is 0 Å². The van der Waals surface area contributed by atoms with Gasteiger partial charge in [-0.05, 0) is 51.4 Å². The highest BCUT2D eigenvalue weighted by Gasteiger charge is 2.34. The molecular weight excluding hydrogens is 198 g/mol. The molecule has 2 nitrogen and oxygen atoms in total. The minimum atomic E-state index is 0.199. The Bertz CT molecular complexity index is 360. The molecule has 1 fully saturated rings. The second-order valence-electron chi connectivity index (χ2n) is 5.00. The summed E-state index contributed by atoms with van der Waals surface area (Å²) < 4.78 is 5.55. The van der Waals surface area contributed by atoms with Crippen LogP contribution in [0.25, 0.3) is 0 Å². The maximum absolute atomic E-state index is 5.55. The minimum Gasteiger partial charge on any atom is -0.494 e. The Labute approximate surface area is 98.0 Å². The van der Waals surface area contributed by atoms with E-state index in [0.29, 0.717) is 5.92 Å². The highest BCUT2D eigenvalue weighted by molar-refractivity contribution is 5.33. The topological polar surface area (TPSA) is 21.3 Å². The molecule has 1 unspecified atom stereocenters. The van der Waals surface area contributed by atoms with Gasteiger partial charge in [-0.1, -0.05) is 12.1 Å². The van der Waals surface area contributed by atoms with E-state index < -0.39 is 0 Å². The number of hydrogen-bond donors (Lipinski definition) is 1. The van der Waals surface area contributed by atoms with Crippen molar-refractivity contribution in [1.29, 1.82) is 0 Å². The molecule has 1 aromatic rings. The van der Waals surface area contributed by atoms with Crippen molar-refractivity contribution in [2.24, 2.45) is 0 Å². The molecule has 0 aromatic heterocycles. The Morgan fingerprint density at radius 3 is 2.88 bits per heavy atom. The van der Waals surface area contributed by atoms with Crippen LogP contribution in [0.3, 0.4) is 0 Å². The zero-order valence-electron chi connectivity index (χ0n) is 10.4. The molecule has 0 bridgehead atoms. The zero-order chi connectivity index (χ0) is 11.6. The molecule has 1 aliphatic heterocycles. The van der Waals surface area contributed by atoms with Gasteiger partial charge in [-0.2, -0.15) is 0 Å². The van der Waals surface area contributed by atoms with Gasteiger partial charge in [0.25, 0.3) is 0 Å². The van der Waals surface area contributed by atoms with E-state index in [0.717, 1.165) is 18.9 Å². The summed E-state index contributed by atoms with van der Waals surface area (Å²) in [6.07, 6.45) is 1.21. The summed E-state index contributed by atoms with van der Waals surface area (Å²) in [7, 11) is 0. The van der Waals surface area contributed by atoms with Gasteiger partial charge in [-0.15, -0.1) is 0 Å². The third-order valence-corrected chi connectivity index (χ3v) is 3.46. The van der Waals surface area contributed by atoms with Crippen molar-refractivity contribution in [3.05, 3.63) is 29.8 Å². The molecule has 0 spiro atoms. The lowest BCUT2D eigenvalue weighted by molar-refractivity contribution is 0.338. The highest BCUT2D eigenvalue weighted by atomic mass is 16.5. The van der Waals surface area contributed by atoms with Crippen LogP contribution < -0.4 is 10.1 Å². The Kier molecular flexibility index (Phi) is 3.20. The third kappa shape index (κ3) is 2.22. The quantitative estimate of drug-likeness (QED) is 0.844. The molecule has 1 aliphatic rings. The minimum absolute atomic E-state index is 0.199. The molecule has 1 aromatic carbocycles. The second-order valence-corrected chi connectivity index (χ2v) is 5.00. The summed E-state index contributed by atoms with van der Waals surface area (Å²) in [6, 6.07) is 8.52. The van der Waals surface area contributed by atoms with Crippen molar-refractivity contribution >= 4 is 0 Å². The summed E-state index contributed by atoms with van der Waals surface area (Å²) in [5.74, 6) is 1.58. The van der Waals surface area contributed by atoms with Crippen LogP contribution in [0.4, 0.5) is 0 Å². The van der Waals surface area contributed by atoms with Crippen LogP contribution in [0.1, 0.15) is 38.7 Å². The Hall–Kier alpha value is -1.02. The molecule has 0 saturated carbocycles. The summed E-state index contributed by atoms with van der Waals surface area (Å²) in [4.78, 5) is 0. The molecular formula is C14H21NO. The Morgan fingerprint density at radius 1 is 1.44 bits per heavy atom. The predicted molar refractivity (Wildman–Crippen MR) is 67.1 cm³/mol. The van der Waals surface area contributed by atoms with Crippen LogP contribution in [0.2, 0.25) is 0 Å². The number of ether oxygens (including phenoxy) is 1. The number of nitrogens with one attached hydrogen (secondary N) is 1. The molecule has 2 heteroatoms. The smallest absolute Gasteiger partial charge is 0.119 e. The SMILES string of the molecule is CCOc1cccc(C2CCNC2(C)C)c1. The van der Waals surface area contributed by atoms with Gasteiger partial charge in [0.05, 0.1) is 6.61 Å². The molecule has 16 heavy (non-hydrogen) atoms. The van der Waals surface area contributed by atoms with E-state index >= 15 is 0 Å². The third-order valence-electron chi connectivity index (χ3n) is 3.46. The summed E-state index contributed by atoms with van der Waals surface area (Å²) >= 11 is 0. The van der Waals surface area contributed by atoms with E-state index in [4.69, 9.17) is 4.74 Å². The summed E-state index contributed by atoms with van der Waals surface area (Å²) in [6.45, 7) is 8.41. The van der Waals surface area contributed by atoms with Gasteiger partial charge in [-0.25, -0.2) is 0 Å². The average Bonchev–Trinajstić information content (AvgIpc) is 2.59. The van der Waals surface area contributed by atoms with E-state index in [1.807, 2.05) is 13.0 Å². The van der Waals surface area contributed by atoms with Crippen molar-refractivity contribution in [1.82, 2.24) is 5.32 Å². The van der Waals surface area contributed by atoms with E-state index in [1.54, 1.807) is 0 Å². The first-order valence-corrected chi connectivity index (χ1v) is 6.11. The Morgan fingerprint density at radius 2 is 2.25 bits per heavy atom. The van der Waals surface area contributed by atoms with Gasteiger partial charge in [0.1, 0.15) is 5.75 Å². The largest absolute Gasteiger partial charge is 0.494 e. The van der Waals surface area contributed by atoms with Crippen molar-refractivity contribution in [3.63, 3.8) is 0 Å². The Balaban J connectivity index is 2.23. The lowest BCUT2D eigenvalue weighted by Gasteiger charge is -2.27. The van der Waals surface area contributed by atoms with Gasteiger partial charge < -0.3 is 10.1 Å². The van der Waals surface area contributed by atoms with Gasteiger partial charge in [-0.3, -0.25) is 0 Å². The molecule has 2 rings (SSSR count). The number of rotatable bonds is 3. The summed E-state index contributed by atoms with van der Waals surface area (Å²) in [5.41, 5.74) is 1.59. The monoisotopic (exact) mass is 219 g/mol.